The molecular formula is C62H40N12. The Morgan fingerprint density at radius 2 is 0.689 bits per heavy atom. The second-order valence-corrected chi connectivity index (χ2v) is 18.1. The maximum absolute atomic E-state index is 4.90. The molecule has 0 atom stereocenters. The van der Waals surface area contributed by atoms with E-state index in [2.05, 4.69) is 112 Å². The molecule has 0 N–H and O–H groups in total. The predicted molar refractivity (Wildman–Crippen MR) is 292 cm³/mol. The third-order valence-electron chi connectivity index (χ3n) is 13.5. The van der Waals surface area contributed by atoms with Gasteiger partial charge in [0.25, 0.3) is 0 Å². The van der Waals surface area contributed by atoms with Gasteiger partial charge in [-0.05, 0) is 65.9 Å². The molecule has 0 fully saturated rings. The number of hydrogen-bond donors (Lipinski definition) is 0. The predicted octanol–water partition coefficient (Wildman–Crippen LogP) is 13.6. The van der Waals surface area contributed by atoms with Gasteiger partial charge in [0, 0.05) is 38.2 Å². The Morgan fingerprint density at radius 3 is 1.12 bits per heavy atom. The highest BCUT2D eigenvalue weighted by molar-refractivity contribution is 6.12. The number of rotatable bonds is 9. The number of para-hydroxylation sites is 2. The summed E-state index contributed by atoms with van der Waals surface area (Å²) in [7, 11) is 0. The lowest BCUT2D eigenvalue weighted by molar-refractivity contribution is 0.960. The summed E-state index contributed by atoms with van der Waals surface area (Å²) < 4.78 is 4.44. The van der Waals surface area contributed by atoms with Gasteiger partial charge in [-0.15, -0.1) is 0 Å². The van der Waals surface area contributed by atoms with Crippen molar-refractivity contribution in [1.82, 2.24) is 59.0 Å². The Bertz CT molecular complexity index is 4280. The lowest BCUT2D eigenvalue weighted by Gasteiger charge is -2.11. The summed E-state index contributed by atoms with van der Waals surface area (Å²) in [6, 6.07) is 60.1. The first-order valence-electron chi connectivity index (χ1n) is 24.4. The minimum absolute atomic E-state index is 0.399. The molecule has 0 saturated heterocycles. The molecule has 74 heavy (non-hydrogen) atoms. The molecule has 0 saturated carbocycles. The molecule has 6 heterocycles. The van der Waals surface area contributed by atoms with E-state index in [4.69, 9.17) is 49.8 Å². The van der Waals surface area contributed by atoms with Crippen LogP contribution in [0.4, 0.5) is 0 Å². The zero-order chi connectivity index (χ0) is 49.0. The van der Waals surface area contributed by atoms with Crippen molar-refractivity contribution in [3.05, 3.63) is 225 Å². The van der Waals surface area contributed by atoms with Gasteiger partial charge in [-0.1, -0.05) is 158 Å². The van der Waals surface area contributed by atoms with Crippen LogP contribution in [0.25, 0.3) is 129 Å². The van der Waals surface area contributed by atoms with Crippen LogP contribution in [0.5, 0.6) is 0 Å². The highest BCUT2D eigenvalue weighted by atomic mass is 15.1. The van der Waals surface area contributed by atoms with Crippen LogP contribution in [-0.2, 0) is 0 Å². The third kappa shape index (κ3) is 7.56. The van der Waals surface area contributed by atoms with E-state index < -0.39 is 0 Å². The fraction of sp³-hybridized carbons (Fsp3) is 0.0323. The van der Waals surface area contributed by atoms with Gasteiger partial charge in [-0.3, -0.25) is 0 Å². The fourth-order valence-corrected chi connectivity index (χ4v) is 10.00. The smallest absolute Gasteiger partial charge is 0.201 e. The number of benzene rings is 7. The van der Waals surface area contributed by atoms with E-state index in [1.807, 2.05) is 116 Å². The Labute approximate surface area is 423 Å². The van der Waals surface area contributed by atoms with Gasteiger partial charge >= 0.3 is 0 Å². The topological polar surface area (TPSA) is 139 Å². The van der Waals surface area contributed by atoms with Gasteiger partial charge < -0.3 is 9.13 Å². The summed E-state index contributed by atoms with van der Waals surface area (Å²) in [5, 5.41) is 4.49. The van der Waals surface area contributed by atoms with Gasteiger partial charge in [0.1, 0.15) is 0 Å². The lowest BCUT2D eigenvalue weighted by Crippen LogP contribution is -2.06. The molecule has 7 aromatic carbocycles. The van der Waals surface area contributed by atoms with E-state index in [9.17, 15) is 0 Å². The van der Waals surface area contributed by atoms with E-state index in [1.165, 1.54) is 0 Å². The monoisotopic (exact) mass is 952 g/mol. The molecule has 0 aliphatic heterocycles. The molecule has 0 bridgehead atoms. The van der Waals surface area contributed by atoms with Gasteiger partial charge in [0.05, 0.1) is 58.2 Å². The molecule has 13 aromatic rings. The summed E-state index contributed by atoms with van der Waals surface area (Å²) in [4.78, 5) is 48.7. The van der Waals surface area contributed by atoms with Crippen LogP contribution in [0.3, 0.4) is 0 Å². The van der Waals surface area contributed by atoms with Crippen molar-refractivity contribution in [2.45, 2.75) is 12.8 Å². The Hall–Kier alpha value is -10.2. The lowest BCUT2D eigenvalue weighted by atomic mass is 10.0. The van der Waals surface area contributed by atoms with Crippen LogP contribution in [0.15, 0.2) is 219 Å². The first-order chi connectivity index (χ1) is 36.7. The molecule has 12 heteroatoms. The van der Waals surface area contributed by atoms with Crippen molar-refractivity contribution in [3.63, 3.8) is 0 Å². The van der Waals surface area contributed by atoms with Gasteiger partial charge in [0.2, 0.25) is 11.6 Å². The Kier molecular flexibility index (Phi) is 10.3. The SMILES string of the molecule is C1=CCCC(c2nc(-c3ccccc3)nc(-c3ncc(-n4c5ccccc5c5cc(-c6ccc7c(c6)c6ccccc6n7-c6cnc(-c7nc(-c8ccccc8)nc(-c8ccccc8)n7)nc6)ccc54)cn3)n2)=C1. The van der Waals surface area contributed by atoms with Gasteiger partial charge in [0.15, 0.2) is 34.9 Å². The maximum Gasteiger partial charge on any atom is 0.201 e. The Balaban J connectivity index is 0.812. The molecule has 0 amide bonds. The first kappa shape index (κ1) is 42.7. The van der Waals surface area contributed by atoms with E-state index in [0.29, 0.717) is 46.6 Å². The van der Waals surface area contributed by atoms with Crippen molar-refractivity contribution in [2.75, 3.05) is 0 Å². The van der Waals surface area contributed by atoms with Crippen LogP contribution in [0.1, 0.15) is 18.7 Å². The van der Waals surface area contributed by atoms with Crippen LogP contribution >= 0.6 is 0 Å². The number of fused-ring (bicyclic) bond motifs is 6. The second kappa shape index (κ2) is 17.9. The molecular weight excluding hydrogens is 913 g/mol. The highest BCUT2D eigenvalue weighted by Gasteiger charge is 2.20. The average molecular weight is 953 g/mol. The van der Waals surface area contributed by atoms with Crippen molar-refractivity contribution >= 4 is 49.2 Å². The first-order valence-corrected chi connectivity index (χ1v) is 24.4. The second-order valence-electron chi connectivity index (χ2n) is 18.1. The Morgan fingerprint density at radius 1 is 0.311 bits per heavy atom. The molecule has 0 spiro atoms. The van der Waals surface area contributed by atoms with E-state index in [0.717, 1.165) is 101 Å². The van der Waals surface area contributed by atoms with E-state index in [1.54, 1.807) is 0 Å². The quantitative estimate of drug-likeness (QED) is 0.137. The number of aromatic nitrogens is 12. The molecule has 348 valence electrons. The minimum atomic E-state index is 0.399. The van der Waals surface area contributed by atoms with Crippen molar-refractivity contribution < 1.29 is 0 Å². The average Bonchev–Trinajstić information content (AvgIpc) is 4.02. The zero-order valence-electron chi connectivity index (χ0n) is 39.6. The van der Waals surface area contributed by atoms with Crippen LogP contribution in [0, 0.1) is 0 Å². The summed E-state index contributed by atoms with van der Waals surface area (Å²) >= 11 is 0. The number of nitrogens with zero attached hydrogens (tertiary/aromatic N) is 12. The normalized spacial score (nSPS) is 12.5. The molecule has 1 aliphatic rings. The molecule has 0 radical (unpaired) electrons. The third-order valence-corrected chi connectivity index (χ3v) is 13.5. The van der Waals surface area contributed by atoms with Crippen molar-refractivity contribution in [1.29, 1.82) is 0 Å². The van der Waals surface area contributed by atoms with E-state index >= 15 is 0 Å². The van der Waals surface area contributed by atoms with Gasteiger partial charge in [-0.2, -0.15) is 0 Å². The van der Waals surface area contributed by atoms with Crippen molar-refractivity contribution in [2.24, 2.45) is 0 Å². The highest BCUT2D eigenvalue weighted by Crippen LogP contribution is 2.39. The number of hydrogen-bond acceptors (Lipinski definition) is 10. The fourth-order valence-electron chi connectivity index (χ4n) is 10.00. The van der Waals surface area contributed by atoms with Crippen LogP contribution in [-0.4, -0.2) is 59.0 Å². The van der Waals surface area contributed by atoms with E-state index in [-0.39, 0.29) is 0 Å². The van der Waals surface area contributed by atoms with Gasteiger partial charge in [-0.25, -0.2) is 49.8 Å². The molecule has 6 aromatic heterocycles. The summed E-state index contributed by atoms with van der Waals surface area (Å²) in [5.41, 5.74) is 11.8. The minimum Gasteiger partial charge on any atom is -0.306 e. The summed E-state index contributed by atoms with van der Waals surface area (Å²) in [5.74, 6) is 4.01. The molecule has 14 rings (SSSR count). The largest absolute Gasteiger partial charge is 0.306 e. The summed E-state index contributed by atoms with van der Waals surface area (Å²) in [6.45, 7) is 0. The molecule has 12 nitrogen and oxygen atoms in total. The molecule has 0 unspecified atom stereocenters. The summed E-state index contributed by atoms with van der Waals surface area (Å²) in [6.07, 6.45) is 15.5. The standard InChI is InChI=1S/C62H40N12/c1-5-17-39(18-6-1)55-67-56(40-19-7-2-8-20-40)70-61(69-55)59-63-35-45(36-64-59)73-51-27-15-13-25-47(51)49-33-43(29-31-53(49)73)44-30-32-54-50(34-44)48-26-14-16-28-52(48)74(54)46-37-65-60(66-38-46)62-71-57(41-21-9-3-10-22-41)68-58(72-62)42-23-11-4-12-24-42/h1-11,13-23,25-38H,12,24H2. The van der Waals surface area contributed by atoms with Crippen molar-refractivity contribution in [3.8, 4) is 80.0 Å². The zero-order valence-corrected chi connectivity index (χ0v) is 39.6. The maximum atomic E-state index is 4.90. The molecule has 1 aliphatic carbocycles. The number of allylic oxidation sites excluding steroid dienone is 4. The van der Waals surface area contributed by atoms with Crippen LogP contribution in [0.2, 0.25) is 0 Å². The van der Waals surface area contributed by atoms with Crippen LogP contribution < -0.4 is 0 Å².